The van der Waals surface area contributed by atoms with Crippen molar-refractivity contribution in [1.82, 2.24) is 14.6 Å². The van der Waals surface area contributed by atoms with Crippen molar-refractivity contribution in [2.75, 3.05) is 0 Å². The number of fused-ring (bicyclic) bond motifs is 1. The molecule has 0 aliphatic heterocycles. The Hall–Kier alpha value is -2.94. The maximum absolute atomic E-state index is 4.74. The van der Waals surface area contributed by atoms with Gasteiger partial charge in [0.1, 0.15) is 0 Å². The standard InChI is InChI=1S/C20H17N3/c1-14-8-10-16(11-9-14)18-12-13-21-20-19(15(2)22-23(18)20)17-6-4-3-5-7-17/h3-13H,1-2H3. The third-order valence-corrected chi connectivity index (χ3v) is 4.10. The van der Waals surface area contributed by atoms with Gasteiger partial charge in [0, 0.05) is 17.3 Å². The average Bonchev–Trinajstić information content (AvgIpc) is 2.92. The van der Waals surface area contributed by atoms with E-state index in [0.29, 0.717) is 0 Å². The summed E-state index contributed by atoms with van der Waals surface area (Å²) >= 11 is 0. The van der Waals surface area contributed by atoms with Crippen LogP contribution in [-0.2, 0) is 0 Å². The molecule has 4 aromatic rings. The summed E-state index contributed by atoms with van der Waals surface area (Å²) in [4.78, 5) is 4.58. The van der Waals surface area contributed by atoms with Gasteiger partial charge in [-0.2, -0.15) is 5.10 Å². The van der Waals surface area contributed by atoms with Crippen molar-refractivity contribution in [3.63, 3.8) is 0 Å². The van der Waals surface area contributed by atoms with E-state index in [1.807, 2.05) is 41.9 Å². The van der Waals surface area contributed by atoms with Gasteiger partial charge in [0.25, 0.3) is 0 Å². The molecule has 0 radical (unpaired) electrons. The maximum atomic E-state index is 4.74. The molecule has 4 rings (SSSR count). The highest BCUT2D eigenvalue weighted by Crippen LogP contribution is 2.29. The zero-order valence-corrected chi connectivity index (χ0v) is 13.2. The summed E-state index contributed by atoms with van der Waals surface area (Å²) in [5, 5.41) is 4.74. The lowest BCUT2D eigenvalue weighted by Crippen LogP contribution is -1.95. The van der Waals surface area contributed by atoms with E-state index in [-0.39, 0.29) is 0 Å². The predicted octanol–water partition coefficient (Wildman–Crippen LogP) is 4.68. The number of hydrogen-bond donors (Lipinski definition) is 0. The van der Waals surface area contributed by atoms with Crippen molar-refractivity contribution in [2.24, 2.45) is 0 Å². The molecule has 112 valence electrons. The van der Waals surface area contributed by atoms with E-state index in [1.54, 1.807) is 0 Å². The number of benzene rings is 2. The number of hydrogen-bond acceptors (Lipinski definition) is 2. The first kappa shape index (κ1) is 13.7. The van der Waals surface area contributed by atoms with Crippen molar-refractivity contribution in [3.8, 4) is 22.4 Å². The van der Waals surface area contributed by atoms with Gasteiger partial charge in [0.2, 0.25) is 0 Å². The van der Waals surface area contributed by atoms with Crippen molar-refractivity contribution in [1.29, 1.82) is 0 Å². The van der Waals surface area contributed by atoms with Crippen LogP contribution in [-0.4, -0.2) is 14.6 Å². The summed E-state index contributed by atoms with van der Waals surface area (Å²) in [6.07, 6.45) is 1.86. The molecule has 23 heavy (non-hydrogen) atoms. The Morgan fingerprint density at radius 1 is 0.783 bits per heavy atom. The van der Waals surface area contributed by atoms with Gasteiger partial charge >= 0.3 is 0 Å². The molecule has 2 aromatic heterocycles. The molecule has 2 heterocycles. The van der Waals surface area contributed by atoms with Gasteiger partial charge in [-0.3, -0.25) is 0 Å². The van der Waals surface area contributed by atoms with Gasteiger partial charge in [-0.15, -0.1) is 0 Å². The molecule has 0 aliphatic rings. The third kappa shape index (κ3) is 2.30. The normalized spacial score (nSPS) is 11.0. The lowest BCUT2D eigenvalue weighted by atomic mass is 10.1. The van der Waals surface area contributed by atoms with Crippen LogP contribution in [0.4, 0.5) is 0 Å². The van der Waals surface area contributed by atoms with E-state index in [4.69, 9.17) is 5.10 Å². The molecule has 0 spiro atoms. The Morgan fingerprint density at radius 2 is 1.52 bits per heavy atom. The highest BCUT2D eigenvalue weighted by molar-refractivity contribution is 5.81. The highest BCUT2D eigenvalue weighted by Gasteiger charge is 2.15. The van der Waals surface area contributed by atoms with Crippen LogP contribution in [0.5, 0.6) is 0 Å². The summed E-state index contributed by atoms with van der Waals surface area (Å²) in [6, 6.07) is 20.8. The second-order valence-corrected chi connectivity index (χ2v) is 5.76. The highest BCUT2D eigenvalue weighted by atomic mass is 15.3. The Balaban J connectivity index is 1.98. The molecule has 0 unspecified atom stereocenters. The Morgan fingerprint density at radius 3 is 2.26 bits per heavy atom. The Kier molecular flexibility index (Phi) is 3.19. The van der Waals surface area contributed by atoms with Gasteiger partial charge < -0.3 is 0 Å². The Bertz CT molecular complexity index is 967. The van der Waals surface area contributed by atoms with Crippen LogP contribution in [0.15, 0.2) is 66.9 Å². The van der Waals surface area contributed by atoms with Gasteiger partial charge in [0.15, 0.2) is 5.65 Å². The summed E-state index contributed by atoms with van der Waals surface area (Å²) < 4.78 is 1.95. The van der Waals surface area contributed by atoms with Crippen LogP contribution in [0.1, 0.15) is 11.3 Å². The Labute approximate surface area is 135 Å². The van der Waals surface area contributed by atoms with E-state index < -0.39 is 0 Å². The monoisotopic (exact) mass is 299 g/mol. The number of rotatable bonds is 2. The quantitative estimate of drug-likeness (QED) is 0.538. The molecule has 0 saturated carbocycles. The summed E-state index contributed by atoms with van der Waals surface area (Å²) in [7, 11) is 0. The summed E-state index contributed by atoms with van der Waals surface area (Å²) in [6.45, 7) is 4.13. The molecule has 0 aliphatic carbocycles. The molecular formula is C20H17N3. The largest absolute Gasteiger partial charge is 0.236 e. The van der Waals surface area contributed by atoms with Crippen LogP contribution >= 0.6 is 0 Å². The minimum atomic E-state index is 0.895. The molecule has 0 fully saturated rings. The second kappa shape index (κ2) is 5.36. The minimum absolute atomic E-state index is 0.895. The lowest BCUT2D eigenvalue weighted by molar-refractivity contribution is 0.925. The van der Waals surface area contributed by atoms with E-state index >= 15 is 0 Å². The average molecular weight is 299 g/mol. The third-order valence-electron chi connectivity index (χ3n) is 4.10. The van der Waals surface area contributed by atoms with Crippen molar-refractivity contribution in [2.45, 2.75) is 13.8 Å². The van der Waals surface area contributed by atoms with Crippen LogP contribution < -0.4 is 0 Å². The van der Waals surface area contributed by atoms with E-state index in [2.05, 4.69) is 48.3 Å². The second-order valence-electron chi connectivity index (χ2n) is 5.76. The minimum Gasteiger partial charge on any atom is -0.236 e. The first-order valence-electron chi connectivity index (χ1n) is 7.71. The maximum Gasteiger partial charge on any atom is 0.163 e. The molecule has 3 heteroatoms. The van der Waals surface area contributed by atoms with Crippen LogP contribution in [0, 0.1) is 13.8 Å². The number of aryl methyl sites for hydroxylation is 2. The zero-order valence-electron chi connectivity index (χ0n) is 13.2. The summed E-state index contributed by atoms with van der Waals surface area (Å²) in [5.74, 6) is 0. The van der Waals surface area contributed by atoms with E-state index in [0.717, 1.165) is 33.7 Å². The van der Waals surface area contributed by atoms with E-state index in [1.165, 1.54) is 5.56 Å². The zero-order chi connectivity index (χ0) is 15.8. The fourth-order valence-electron chi connectivity index (χ4n) is 2.94. The predicted molar refractivity (Wildman–Crippen MR) is 93.3 cm³/mol. The molecule has 0 amide bonds. The van der Waals surface area contributed by atoms with Crippen molar-refractivity contribution in [3.05, 3.63) is 78.1 Å². The molecule has 0 atom stereocenters. The van der Waals surface area contributed by atoms with E-state index in [9.17, 15) is 0 Å². The molecule has 0 saturated heterocycles. The van der Waals surface area contributed by atoms with Crippen LogP contribution in [0.25, 0.3) is 28.0 Å². The van der Waals surface area contributed by atoms with Crippen LogP contribution in [0.3, 0.4) is 0 Å². The number of aromatic nitrogens is 3. The van der Waals surface area contributed by atoms with Crippen LogP contribution in [0.2, 0.25) is 0 Å². The molecule has 0 N–H and O–H groups in total. The van der Waals surface area contributed by atoms with Gasteiger partial charge in [-0.1, -0.05) is 60.2 Å². The van der Waals surface area contributed by atoms with Gasteiger partial charge in [0.05, 0.1) is 11.4 Å². The fourth-order valence-corrected chi connectivity index (χ4v) is 2.94. The topological polar surface area (TPSA) is 30.2 Å². The summed E-state index contributed by atoms with van der Waals surface area (Å²) in [5.41, 5.74) is 7.58. The van der Waals surface area contributed by atoms with Crippen molar-refractivity contribution < 1.29 is 0 Å². The fraction of sp³-hybridized carbons (Fsp3) is 0.100. The first-order valence-corrected chi connectivity index (χ1v) is 7.71. The van der Waals surface area contributed by atoms with Gasteiger partial charge in [-0.25, -0.2) is 9.50 Å². The van der Waals surface area contributed by atoms with Gasteiger partial charge in [-0.05, 0) is 25.5 Å². The first-order chi connectivity index (χ1) is 11.2. The smallest absolute Gasteiger partial charge is 0.163 e. The molecule has 2 aromatic carbocycles. The molecule has 0 bridgehead atoms. The molecule has 3 nitrogen and oxygen atoms in total. The SMILES string of the molecule is Cc1ccc(-c2ccnc3c(-c4ccccc4)c(C)nn23)cc1. The number of nitrogens with zero attached hydrogens (tertiary/aromatic N) is 3. The lowest BCUT2D eigenvalue weighted by Gasteiger charge is -2.05. The molecular weight excluding hydrogens is 282 g/mol. The van der Waals surface area contributed by atoms with Crippen molar-refractivity contribution >= 4 is 5.65 Å².